The van der Waals surface area contributed by atoms with E-state index in [2.05, 4.69) is 30.8 Å². The van der Waals surface area contributed by atoms with Crippen LogP contribution in [0, 0.1) is 0 Å². The second kappa shape index (κ2) is 2.86. The number of hydrogen-bond acceptors (Lipinski definition) is 2. The molecule has 0 amide bonds. The Kier molecular flexibility index (Phi) is 2.10. The van der Waals surface area contributed by atoms with Gasteiger partial charge in [-0.1, -0.05) is 6.92 Å². The molecule has 0 aromatic rings. The zero-order chi connectivity index (χ0) is 7.56. The van der Waals surface area contributed by atoms with Crippen molar-refractivity contribution in [2.75, 3.05) is 13.6 Å². The maximum atomic E-state index is 4.25. The average Bonchev–Trinajstić information content (AvgIpc) is 1.88. The zero-order valence-electron chi connectivity index (χ0n) is 6.89. The molecular formula is C8H14N2. The molecule has 0 unspecified atom stereocenters. The van der Waals surface area contributed by atoms with E-state index in [9.17, 15) is 0 Å². The molecule has 1 rings (SSSR count). The van der Waals surface area contributed by atoms with Crippen LogP contribution >= 0.6 is 0 Å². The van der Waals surface area contributed by atoms with E-state index in [1.165, 1.54) is 5.70 Å². The lowest BCUT2D eigenvalue weighted by atomic mass is 10.2. The number of rotatable bonds is 1. The van der Waals surface area contributed by atoms with Gasteiger partial charge in [-0.05, 0) is 13.3 Å². The highest BCUT2D eigenvalue weighted by Gasteiger charge is 2.07. The molecule has 1 aliphatic heterocycles. The fourth-order valence-electron chi connectivity index (χ4n) is 1.29. The maximum Gasteiger partial charge on any atom is 0.0560 e. The summed E-state index contributed by atoms with van der Waals surface area (Å²) in [6, 6.07) is 0. The summed E-state index contributed by atoms with van der Waals surface area (Å²) in [7, 11) is 2.10. The van der Waals surface area contributed by atoms with E-state index >= 15 is 0 Å². The molecule has 0 N–H and O–H groups in total. The normalized spacial score (nSPS) is 18.5. The molecule has 0 saturated heterocycles. The van der Waals surface area contributed by atoms with Crippen molar-refractivity contribution < 1.29 is 0 Å². The summed E-state index contributed by atoms with van der Waals surface area (Å²) >= 11 is 0. The molecule has 0 atom stereocenters. The van der Waals surface area contributed by atoms with Gasteiger partial charge in [0.15, 0.2) is 0 Å². The molecule has 56 valence electrons. The Morgan fingerprint density at radius 3 is 2.80 bits per heavy atom. The average molecular weight is 138 g/mol. The highest BCUT2D eigenvalue weighted by atomic mass is 15.1. The maximum absolute atomic E-state index is 4.25. The lowest BCUT2D eigenvalue weighted by molar-refractivity contribution is 0.451. The Hall–Kier alpha value is -0.790. The van der Waals surface area contributed by atoms with E-state index in [0.717, 1.165) is 18.7 Å². The summed E-state index contributed by atoms with van der Waals surface area (Å²) in [4.78, 5) is 6.48. The van der Waals surface area contributed by atoms with Crippen molar-refractivity contribution in [3.63, 3.8) is 0 Å². The molecule has 2 heteroatoms. The third kappa shape index (κ3) is 1.20. The molecule has 10 heavy (non-hydrogen) atoms. The summed E-state index contributed by atoms with van der Waals surface area (Å²) in [6.07, 6.45) is 3.04. The van der Waals surface area contributed by atoms with Gasteiger partial charge >= 0.3 is 0 Å². The van der Waals surface area contributed by atoms with Gasteiger partial charge in [-0.15, -0.1) is 0 Å². The molecular weight excluding hydrogens is 124 g/mol. The monoisotopic (exact) mass is 138 g/mol. The SMILES string of the molecule is CCC1=C(C)N=CCN1C. The van der Waals surface area contributed by atoms with Crippen LogP contribution in [0.3, 0.4) is 0 Å². The summed E-state index contributed by atoms with van der Waals surface area (Å²) in [5.74, 6) is 0. The fraction of sp³-hybridized carbons (Fsp3) is 0.625. The fourth-order valence-corrected chi connectivity index (χ4v) is 1.29. The van der Waals surface area contributed by atoms with Gasteiger partial charge in [0.05, 0.1) is 12.2 Å². The van der Waals surface area contributed by atoms with Crippen molar-refractivity contribution >= 4 is 6.21 Å². The Labute approximate surface area is 62.3 Å². The van der Waals surface area contributed by atoms with Gasteiger partial charge < -0.3 is 4.90 Å². The smallest absolute Gasteiger partial charge is 0.0560 e. The number of nitrogens with zero attached hydrogens (tertiary/aromatic N) is 2. The summed E-state index contributed by atoms with van der Waals surface area (Å²) < 4.78 is 0. The van der Waals surface area contributed by atoms with Crippen LogP contribution in [0.15, 0.2) is 16.4 Å². The first-order valence-electron chi connectivity index (χ1n) is 3.69. The van der Waals surface area contributed by atoms with E-state index in [1.54, 1.807) is 0 Å². The minimum absolute atomic E-state index is 0.959. The van der Waals surface area contributed by atoms with E-state index in [0.29, 0.717) is 0 Å². The van der Waals surface area contributed by atoms with Crippen LogP contribution < -0.4 is 0 Å². The second-order valence-corrected chi connectivity index (χ2v) is 2.58. The second-order valence-electron chi connectivity index (χ2n) is 2.58. The Balaban J connectivity index is 2.83. The predicted molar refractivity (Wildman–Crippen MR) is 44.1 cm³/mol. The minimum atomic E-state index is 0.959. The van der Waals surface area contributed by atoms with Gasteiger partial charge in [0.1, 0.15) is 0 Å². The van der Waals surface area contributed by atoms with Crippen molar-refractivity contribution in [1.29, 1.82) is 0 Å². The highest BCUT2D eigenvalue weighted by molar-refractivity contribution is 5.63. The van der Waals surface area contributed by atoms with Gasteiger partial charge in [0, 0.05) is 19.0 Å². The molecule has 0 aromatic carbocycles. The van der Waals surface area contributed by atoms with Crippen LogP contribution in [0.25, 0.3) is 0 Å². The zero-order valence-corrected chi connectivity index (χ0v) is 6.89. The number of allylic oxidation sites excluding steroid dienone is 2. The molecule has 0 saturated carbocycles. The van der Waals surface area contributed by atoms with Crippen molar-refractivity contribution in [2.45, 2.75) is 20.3 Å². The van der Waals surface area contributed by atoms with Gasteiger partial charge in [0.2, 0.25) is 0 Å². The van der Waals surface area contributed by atoms with E-state index in [-0.39, 0.29) is 0 Å². The van der Waals surface area contributed by atoms with Crippen LogP contribution in [-0.2, 0) is 0 Å². The van der Waals surface area contributed by atoms with Crippen LogP contribution in [0.5, 0.6) is 0 Å². The quantitative estimate of drug-likeness (QED) is 0.538. The number of aliphatic imine (C=N–C) groups is 1. The third-order valence-corrected chi connectivity index (χ3v) is 1.85. The molecule has 1 aliphatic rings. The van der Waals surface area contributed by atoms with Crippen molar-refractivity contribution in [3.8, 4) is 0 Å². The van der Waals surface area contributed by atoms with Gasteiger partial charge in [0.25, 0.3) is 0 Å². The summed E-state index contributed by atoms with van der Waals surface area (Å²) in [5, 5.41) is 0. The lowest BCUT2D eigenvalue weighted by Gasteiger charge is -2.24. The molecule has 0 aromatic heterocycles. The first kappa shape index (κ1) is 7.32. The summed E-state index contributed by atoms with van der Waals surface area (Å²) in [6.45, 7) is 5.18. The van der Waals surface area contributed by atoms with Crippen LogP contribution in [0.4, 0.5) is 0 Å². The first-order chi connectivity index (χ1) is 4.75. The summed E-state index contributed by atoms with van der Waals surface area (Å²) in [5.41, 5.74) is 2.53. The van der Waals surface area contributed by atoms with Crippen LogP contribution in [0.2, 0.25) is 0 Å². The van der Waals surface area contributed by atoms with Crippen LogP contribution in [0.1, 0.15) is 20.3 Å². The van der Waals surface area contributed by atoms with Crippen molar-refractivity contribution in [2.24, 2.45) is 4.99 Å². The van der Waals surface area contributed by atoms with Crippen molar-refractivity contribution in [1.82, 2.24) is 4.90 Å². The topological polar surface area (TPSA) is 15.6 Å². The molecule has 1 heterocycles. The van der Waals surface area contributed by atoms with E-state index in [1.807, 2.05) is 6.21 Å². The Bertz CT molecular complexity index is 180. The molecule has 0 bridgehead atoms. The standard InChI is InChI=1S/C8H14N2/c1-4-8-7(2)9-5-6-10(8)3/h5H,4,6H2,1-3H3. The van der Waals surface area contributed by atoms with Crippen LogP contribution in [-0.4, -0.2) is 24.7 Å². The molecule has 0 fully saturated rings. The van der Waals surface area contributed by atoms with Crippen molar-refractivity contribution in [3.05, 3.63) is 11.4 Å². The first-order valence-corrected chi connectivity index (χ1v) is 3.69. The van der Waals surface area contributed by atoms with Gasteiger partial charge in [-0.25, -0.2) is 0 Å². The Morgan fingerprint density at radius 2 is 2.40 bits per heavy atom. The minimum Gasteiger partial charge on any atom is -0.371 e. The van der Waals surface area contributed by atoms with E-state index < -0.39 is 0 Å². The van der Waals surface area contributed by atoms with Gasteiger partial charge in [-0.2, -0.15) is 0 Å². The molecule has 2 nitrogen and oxygen atoms in total. The third-order valence-electron chi connectivity index (χ3n) is 1.85. The van der Waals surface area contributed by atoms with E-state index in [4.69, 9.17) is 0 Å². The molecule has 0 spiro atoms. The number of hydrogen-bond donors (Lipinski definition) is 0. The highest BCUT2D eigenvalue weighted by Crippen LogP contribution is 2.15. The molecule has 0 aliphatic carbocycles. The van der Waals surface area contributed by atoms with Gasteiger partial charge in [-0.3, -0.25) is 4.99 Å². The molecule has 0 radical (unpaired) electrons. The lowest BCUT2D eigenvalue weighted by Crippen LogP contribution is -2.23. The predicted octanol–water partition coefficient (Wildman–Crippen LogP) is 1.64. The Morgan fingerprint density at radius 1 is 1.70 bits per heavy atom. The largest absolute Gasteiger partial charge is 0.371 e.